The quantitative estimate of drug-likeness (QED) is 0.386. The van der Waals surface area contributed by atoms with Gasteiger partial charge in [0.1, 0.15) is 0 Å². The summed E-state index contributed by atoms with van der Waals surface area (Å²) >= 11 is 0. The fraction of sp³-hybridized carbons (Fsp3) is 0.682. The minimum atomic E-state index is 0.142. The first-order valence-electron chi connectivity index (χ1n) is 10.7. The third-order valence-corrected chi connectivity index (χ3v) is 5.26. The van der Waals surface area contributed by atoms with Gasteiger partial charge in [-0.25, -0.2) is 0 Å². The molecule has 6 nitrogen and oxygen atoms in total. The van der Waals surface area contributed by atoms with Crippen LogP contribution in [0.4, 0.5) is 0 Å². The van der Waals surface area contributed by atoms with Crippen molar-refractivity contribution in [2.45, 2.75) is 44.8 Å². The van der Waals surface area contributed by atoms with Gasteiger partial charge in [0.05, 0.1) is 18.8 Å². The molecular weight excluding hydrogens is 354 g/mol. The van der Waals surface area contributed by atoms with E-state index in [0.29, 0.717) is 5.92 Å². The van der Waals surface area contributed by atoms with Crippen LogP contribution in [0.25, 0.3) is 0 Å². The summed E-state index contributed by atoms with van der Waals surface area (Å²) < 4.78 is 17.2. The first-order valence-corrected chi connectivity index (χ1v) is 10.7. The highest BCUT2D eigenvalue weighted by molar-refractivity contribution is 5.79. The van der Waals surface area contributed by atoms with E-state index in [-0.39, 0.29) is 12.2 Å². The molecule has 2 saturated heterocycles. The average Bonchev–Trinajstić information content (AvgIpc) is 3.26. The van der Waals surface area contributed by atoms with Gasteiger partial charge in [0.2, 0.25) is 0 Å². The van der Waals surface area contributed by atoms with Crippen LogP contribution in [0.5, 0.6) is 0 Å². The molecule has 2 aliphatic heterocycles. The van der Waals surface area contributed by atoms with Crippen molar-refractivity contribution < 1.29 is 14.2 Å². The lowest BCUT2D eigenvalue weighted by Gasteiger charge is -2.31. The predicted molar refractivity (Wildman–Crippen MR) is 112 cm³/mol. The number of benzene rings is 1. The molecule has 0 aliphatic carbocycles. The Morgan fingerprint density at radius 3 is 2.86 bits per heavy atom. The van der Waals surface area contributed by atoms with Crippen molar-refractivity contribution >= 4 is 5.96 Å². The topological polar surface area (TPSA) is 64.1 Å². The maximum atomic E-state index is 6.09. The summed E-state index contributed by atoms with van der Waals surface area (Å²) in [4.78, 5) is 4.84. The minimum absolute atomic E-state index is 0.142. The van der Waals surface area contributed by atoms with Crippen molar-refractivity contribution in [1.82, 2.24) is 10.6 Å². The van der Waals surface area contributed by atoms with Gasteiger partial charge in [-0.3, -0.25) is 4.99 Å². The van der Waals surface area contributed by atoms with E-state index in [1.807, 2.05) is 0 Å². The first-order chi connectivity index (χ1) is 13.9. The SMILES string of the molecule is CCNC(=NCC1CCCOC1c1ccccc1)NCCCOC1CCOC1. The van der Waals surface area contributed by atoms with Crippen LogP contribution in [-0.4, -0.2) is 58.1 Å². The van der Waals surface area contributed by atoms with Gasteiger partial charge in [-0.1, -0.05) is 30.3 Å². The van der Waals surface area contributed by atoms with E-state index in [4.69, 9.17) is 19.2 Å². The molecule has 0 radical (unpaired) electrons. The number of nitrogens with zero attached hydrogens (tertiary/aromatic N) is 1. The van der Waals surface area contributed by atoms with Crippen molar-refractivity contribution in [3.8, 4) is 0 Å². The van der Waals surface area contributed by atoms with Gasteiger partial charge in [-0.15, -0.1) is 0 Å². The number of guanidine groups is 1. The lowest BCUT2D eigenvalue weighted by molar-refractivity contribution is -0.0250. The van der Waals surface area contributed by atoms with E-state index >= 15 is 0 Å². The molecule has 2 fully saturated rings. The molecule has 2 aliphatic rings. The monoisotopic (exact) mass is 389 g/mol. The van der Waals surface area contributed by atoms with Gasteiger partial charge >= 0.3 is 0 Å². The van der Waals surface area contributed by atoms with E-state index in [9.17, 15) is 0 Å². The Balaban J connectivity index is 1.45. The van der Waals surface area contributed by atoms with Crippen molar-refractivity contribution in [2.24, 2.45) is 10.9 Å². The maximum Gasteiger partial charge on any atom is 0.191 e. The highest BCUT2D eigenvalue weighted by Gasteiger charge is 2.27. The molecule has 3 unspecified atom stereocenters. The van der Waals surface area contributed by atoms with Crippen LogP contribution >= 0.6 is 0 Å². The van der Waals surface area contributed by atoms with Crippen LogP contribution in [0, 0.1) is 5.92 Å². The summed E-state index contributed by atoms with van der Waals surface area (Å²) in [6, 6.07) is 10.5. The van der Waals surface area contributed by atoms with E-state index < -0.39 is 0 Å². The molecule has 3 atom stereocenters. The van der Waals surface area contributed by atoms with E-state index in [1.54, 1.807) is 0 Å². The van der Waals surface area contributed by atoms with Crippen LogP contribution in [0.15, 0.2) is 35.3 Å². The number of ether oxygens (including phenoxy) is 3. The van der Waals surface area contributed by atoms with Gasteiger partial charge in [-0.2, -0.15) is 0 Å². The molecule has 0 aromatic heterocycles. The van der Waals surface area contributed by atoms with Crippen LogP contribution in [0.3, 0.4) is 0 Å². The molecule has 2 N–H and O–H groups in total. The lowest BCUT2D eigenvalue weighted by Crippen LogP contribution is -2.39. The number of aliphatic imine (C=N–C) groups is 1. The molecule has 156 valence electrons. The second-order valence-electron chi connectivity index (χ2n) is 7.46. The number of rotatable bonds is 9. The minimum Gasteiger partial charge on any atom is -0.379 e. The zero-order chi connectivity index (χ0) is 19.4. The van der Waals surface area contributed by atoms with Crippen molar-refractivity contribution in [3.05, 3.63) is 35.9 Å². The summed E-state index contributed by atoms with van der Waals surface area (Å²) in [7, 11) is 0. The molecule has 0 bridgehead atoms. The van der Waals surface area contributed by atoms with Gasteiger partial charge in [0.25, 0.3) is 0 Å². The van der Waals surface area contributed by atoms with E-state index in [1.165, 1.54) is 5.56 Å². The maximum absolute atomic E-state index is 6.09. The smallest absolute Gasteiger partial charge is 0.191 e. The molecule has 0 amide bonds. The summed E-state index contributed by atoms with van der Waals surface area (Å²) in [5.74, 6) is 1.29. The number of hydrogen-bond donors (Lipinski definition) is 2. The highest BCUT2D eigenvalue weighted by Crippen LogP contribution is 2.33. The molecular formula is C22H35N3O3. The average molecular weight is 390 g/mol. The van der Waals surface area contributed by atoms with Crippen LogP contribution < -0.4 is 10.6 Å². The Hall–Kier alpha value is -1.63. The highest BCUT2D eigenvalue weighted by atomic mass is 16.5. The van der Waals surface area contributed by atoms with Gasteiger partial charge in [0, 0.05) is 45.4 Å². The standard InChI is InChI=1S/C22H35N3O3/c1-2-23-22(24-12-7-14-27-20-11-15-26-17-20)25-16-19-10-6-13-28-21(19)18-8-4-3-5-9-18/h3-5,8-9,19-21H,2,6-7,10-17H2,1H3,(H2,23,24,25). The lowest BCUT2D eigenvalue weighted by atomic mass is 9.89. The van der Waals surface area contributed by atoms with Crippen molar-refractivity contribution in [3.63, 3.8) is 0 Å². The van der Waals surface area contributed by atoms with Crippen LogP contribution in [-0.2, 0) is 14.2 Å². The van der Waals surface area contributed by atoms with Crippen LogP contribution in [0.2, 0.25) is 0 Å². The van der Waals surface area contributed by atoms with Crippen LogP contribution in [0.1, 0.15) is 44.3 Å². The summed E-state index contributed by atoms with van der Waals surface area (Å²) in [6.45, 7) is 7.73. The molecule has 3 rings (SSSR count). The zero-order valence-electron chi connectivity index (χ0n) is 17.1. The second-order valence-corrected chi connectivity index (χ2v) is 7.46. The number of nitrogens with one attached hydrogen (secondary N) is 2. The fourth-order valence-corrected chi connectivity index (χ4v) is 3.76. The Kier molecular flexibility index (Phi) is 9.07. The van der Waals surface area contributed by atoms with E-state index in [0.717, 1.165) is 77.7 Å². The molecule has 1 aromatic carbocycles. The van der Waals surface area contributed by atoms with Gasteiger partial charge < -0.3 is 24.8 Å². The zero-order valence-corrected chi connectivity index (χ0v) is 17.1. The van der Waals surface area contributed by atoms with E-state index in [2.05, 4.69) is 47.9 Å². The first kappa shape index (κ1) is 21.1. The molecule has 28 heavy (non-hydrogen) atoms. The Labute approximate surface area is 169 Å². The molecule has 1 aromatic rings. The fourth-order valence-electron chi connectivity index (χ4n) is 3.76. The van der Waals surface area contributed by atoms with Crippen molar-refractivity contribution in [2.75, 3.05) is 46.1 Å². The van der Waals surface area contributed by atoms with Gasteiger partial charge in [0.15, 0.2) is 5.96 Å². The normalized spacial score (nSPS) is 25.6. The largest absolute Gasteiger partial charge is 0.379 e. The molecule has 6 heteroatoms. The number of hydrogen-bond acceptors (Lipinski definition) is 4. The van der Waals surface area contributed by atoms with Crippen molar-refractivity contribution in [1.29, 1.82) is 0 Å². The Bertz CT molecular complexity index is 576. The molecule has 0 saturated carbocycles. The third kappa shape index (κ3) is 6.76. The van der Waals surface area contributed by atoms with Gasteiger partial charge in [-0.05, 0) is 38.2 Å². The molecule has 0 spiro atoms. The molecule has 2 heterocycles. The summed E-state index contributed by atoms with van der Waals surface area (Å²) in [6.07, 6.45) is 4.66. The third-order valence-electron chi connectivity index (χ3n) is 5.26. The Morgan fingerprint density at radius 1 is 1.18 bits per heavy atom. The second kappa shape index (κ2) is 12.0. The Morgan fingerprint density at radius 2 is 2.07 bits per heavy atom. The summed E-state index contributed by atoms with van der Waals surface area (Å²) in [5.41, 5.74) is 1.26. The predicted octanol–water partition coefficient (Wildman–Crippen LogP) is 2.91. The summed E-state index contributed by atoms with van der Waals surface area (Å²) in [5, 5.41) is 6.77.